The van der Waals surface area contributed by atoms with Crippen LogP contribution in [0.4, 0.5) is 5.69 Å². The van der Waals surface area contributed by atoms with Crippen LogP contribution < -0.4 is 5.32 Å². The van der Waals surface area contributed by atoms with E-state index in [1.54, 1.807) is 18.5 Å². The highest BCUT2D eigenvalue weighted by atomic mass is 14.8. The fourth-order valence-electron chi connectivity index (χ4n) is 0.758. The fourth-order valence-corrected chi connectivity index (χ4v) is 0.758. The third kappa shape index (κ3) is 3.73. The number of hydrogen-bond acceptors (Lipinski definition) is 2. The number of benzene rings is 1. The van der Waals surface area contributed by atoms with E-state index in [1.165, 1.54) is 6.20 Å². The van der Waals surface area contributed by atoms with Crippen LogP contribution in [0.2, 0.25) is 0 Å². The molecule has 1 aromatic carbocycles. The van der Waals surface area contributed by atoms with Crippen LogP contribution in [-0.2, 0) is 0 Å². The quantitative estimate of drug-likeness (QED) is 0.505. The van der Waals surface area contributed by atoms with Crippen LogP contribution in [0.15, 0.2) is 47.6 Å². The Morgan fingerprint density at radius 2 is 2.00 bits per heavy atom. The van der Waals surface area contributed by atoms with Gasteiger partial charge in [-0.25, -0.2) is 0 Å². The van der Waals surface area contributed by atoms with Gasteiger partial charge in [0, 0.05) is 12.4 Å². The second-order valence-corrected chi connectivity index (χ2v) is 2.18. The first-order valence-corrected chi connectivity index (χ1v) is 3.76. The third-order valence-corrected chi connectivity index (χ3v) is 1.28. The van der Waals surface area contributed by atoms with Gasteiger partial charge in [0.2, 0.25) is 6.19 Å². The van der Waals surface area contributed by atoms with E-state index < -0.39 is 0 Å². The van der Waals surface area contributed by atoms with Gasteiger partial charge >= 0.3 is 0 Å². The Morgan fingerprint density at radius 1 is 1.23 bits per heavy atom. The van der Waals surface area contributed by atoms with Gasteiger partial charge < -0.3 is 0 Å². The SMILES string of the molecule is N#C[N]C=CC=Nc1ccccc1. The molecule has 0 amide bonds. The monoisotopic (exact) mass is 170 g/mol. The summed E-state index contributed by atoms with van der Waals surface area (Å²) in [4.78, 5) is 4.10. The van der Waals surface area contributed by atoms with Crippen molar-refractivity contribution >= 4 is 11.9 Å². The molecule has 1 aromatic rings. The zero-order valence-corrected chi connectivity index (χ0v) is 6.96. The number of hydrogen-bond donors (Lipinski definition) is 0. The maximum Gasteiger partial charge on any atom is 0.205 e. The molecule has 1 radical (unpaired) electrons. The molecule has 0 saturated heterocycles. The van der Waals surface area contributed by atoms with Crippen LogP contribution in [0.1, 0.15) is 0 Å². The summed E-state index contributed by atoms with van der Waals surface area (Å²) in [6.07, 6.45) is 6.24. The molecule has 63 valence electrons. The van der Waals surface area contributed by atoms with Gasteiger partial charge in [0.1, 0.15) is 0 Å². The molecule has 0 fully saturated rings. The Kier molecular flexibility index (Phi) is 3.85. The van der Waals surface area contributed by atoms with Crippen molar-refractivity contribution < 1.29 is 0 Å². The molecule has 0 unspecified atom stereocenters. The predicted molar refractivity (Wildman–Crippen MR) is 51.5 cm³/mol. The van der Waals surface area contributed by atoms with Crippen molar-refractivity contribution in [1.29, 1.82) is 5.26 Å². The highest BCUT2D eigenvalue weighted by Crippen LogP contribution is 2.07. The number of allylic oxidation sites excluding steroid dienone is 1. The first-order valence-electron chi connectivity index (χ1n) is 3.76. The van der Waals surface area contributed by atoms with Crippen molar-refractivity contribution in [1.82, 2.24) is 5.32 Å². The summed E-state index contributed by atoms with van der Waals surface area (Å²) < 4.78 is 0. The summed E-state index contributed by atoms with van der Waals surface area (Å²) in [7, 11) is 0. The van der Waals surface area contributed by atoms with Gasteiger partial charge in [-0.15, -0.1) is 0 Å². The second kappa shape index (κ2) is 5.56. The first-order chi connectivity index (χ1) is 6.43. The van der Waals surface area contributed by atoms with Gasteiger partial charge in [-0.3, -0.25) is 4.99 Å². The molecule has 13 heavy (non-hydrogen) atoms. The molecule has 0 atom stereocenters. The van der Waals surface area contributed by atoms with Crippen molar-refractivity contribution in [3.8, 4) is 6.19 Å². The van der Waals surface area contributed by atoms with Crippen LogP contribution >= 0.6 is 0 Å². The highest BCUT2D eigenvalue weighted by Gasteiger charge is 1.80. The maximum atomic E-state index is 8.07. The Hall–Kier alpha value is -2.08. The minimum Gasteiger partial charge on any atom is -0.257 e. The molecule has 3 nitrogen and oxygen atoms in total. The molecule has 0 aromatic heterocycles. The second-order valence-electron chi connectivity index (χ2n) is 2.18. The summed E-state index contributed by atoms with van der Waals surface area (Å²) in [6.45, 7) is 0. The topological polar surface area (TPSA) is 50.2 Å². The van der Waals surface area contributed by atoms with Crippen molar-refractivity contribution in [3.63, 3.8) is 0 Å². The van der Waals surface area contributed by atoms with E-state index in [0.717, 1.165) is 5.69 Å². The Bertz CT molecular complexity index is 333. The number of aliphatic imine (C=N–C) groups is 1. The van der Waals surface area contributed by atoms with Gasteiger partial charge in [-0.2, -0.15) is 10.6 Å². The third-order valence-electron chi connectivity index (χ3n) is 1.28. The lowest BCUT2D eigenvalue weighted by Gasteiger charge is -1.87. The summed E-state index contributed by atoms with van der Waals surface area (Å²) in [5.74, 6) is 0. The average Bonchev–Trinajstić information content (AvgIpc) is 2.19. The molecule has 0 spiro atoms. The number of para-hydroxylation sites is 1. The molecule has 0 N–H and O–H groups in total. The Morgan fingerprint density at radius 3 is 2.69 bits per heavy atom. The summed E-state index contributed by atoms with van der Waals surface area (Å²) in [6, 6.07) is 9.55. The van der Waals surface area contributed by atoms with Crippen molar-refractivity contribution in [3.05, 3.63) is 42.6 Å². The Labute approximate surface area is 77.0 Å². The molecule has 0 heterocycles. The van der Waals surface area contributed by atoms with E-state index in [9.17, 15) is 0 Å². The van der Waals surface area contributed by atoms with E-state index in [0.29, 0.717) is 0 Å². The zero-order chi connectivity index (χ0) is 9.36. The average molecular weight is 170 g/mol. The summed E-state index contributed by atoms with van der Waals surface area (Å²) in [5, 5.41) is 11.4. The molecule has 0 saturated carbocycles. The number of nitriles is 1. The zero-order valence-electron chi connectivity index (χ0n) is 6.96. The van der Waals surface area contributed by atoms with Crippen molar-refractivity contribution in [2.75, 3.05) is 0 Å². The predicted octanol–water partition coefficient (Wildman–Crippen LogP) is 1.99. The summed E-state index contributed by atoms with van der Waals surface area (Å²) >= 11 is 0. The van der Waals surface area contributed by atoms with Gasteiger partial charge in [-0.1, -0.05) is 18.2 Å². The van der Waals surface area contributed by atoms with Gasteiger partial charge in [0.15, 0.2) is 0 Å². The standard InChI is InChI=1S/C10H8N3/c11-9-12-7-4-8-13-10-5-2-1-3-6-10/h1-8H. The van der Waals surface area contributed by atoms with Crippen LogP contribution in [-0.4, -0.2) is 6.21 Å². The van der Waals surface area contributed by atoms with E-state index in [2.05, 4.69) is 10.3 Å². The van der Waals surface area contributed by atoms with Crippen molar-refractivity contribution in [2.24, 2.45) is 4.99 Å². The highest BCUT2D eigenvalue weighted by molar-refractivity contribution is 5.74. The van der Waals surface area contributed by atoms with Crippen LogP contribution in [0.25, 0.3) is 0 Å². The van der Waals surface area contributed by atoms with E-state index >= 15 is 0 Å². The number of rotatable bonds is 3. The lowest BCUT2D eigenvalue weighted by Crippen LogP contribution is -1.79. The van der Waals surface area contributed by atoms with Crippen molar-refractivity contribution in [2.45, 2.75) is 0 Å². The minimum absolute atomic E-state index is 0.879. The molecule has 0 bridgehead atoms. The number of nitrogens with zero attached hydrogens (tertiary/aromatic N) is 3. The van der Waals surface area contributed by atoms with Crippen LogP contribution in [0, 0.1) is 11.5 Å². The minimum atomic E-state index is 0.879. The van der Waals surface area contributed by atoms with Gasteiger partial charge in [0.25, 0.3) is 0 Å². The van der Waals surface area contributed by atoms with Crippen LogP contribution in [0.3, 0.4) is 0 Å². The smallest absolute Gasteiger partial charge is 0.205 e. The van der Waals surface area contributed by atoms with E-state index in [1.807, 2.05) is 30.3 Å². The fraction of sp³-hybridized carbons (Fsp3) is 0. The maximum absolute atomic E-state index is 8.07. The lowest BCUT2D eigenvalue weighted by atomic mass is 10.3. The van der Waals surface area contributed by atoms with Crippen LogP contribution in [0.5, 0.6) is 0 Å². The lowest BCUT2D eigenvalue weighted by molar-refractivity contribution is 1.18. The van der Waals surface area contributed by atoms with Gasteiger partial charge in [-0.05, 0) is 18.2 Å². The first kappa shape index (κ1) is 9.01. The largest absolute Gasteiger partial charge is 0.257 e. The van der Waals surface area contributed by atoms with E-state index in [4.69, 9.17) is 5.26 Å². The molecule has 3 heteroatoms. The summed E-state index contributed by atoms with van der Waals surface area (Å²) in [5.41, 5.74) is 0.879. The Balaban J connectivity index is 2.46. The molecule has 1 rings (SSSR count). The molecule has 0 aliphatic carbocycles. The molecule has 0 aliphatic rings. The normalized spacial score (nSPS) is 10.4. The molecular weight excluding hydrogens is 162 g/mol. The van der Waals surface area contributed by atoms with E-state index in [-0.39, 0.29) is 0 Å². The van der Waals surface area contributed by atoms with Gasteiger partial charge in [0.05, 0.1) is 5.69 Å². The molecule has 0 aliphatic heterocycles. The molecular formula is C10H8N3.